The Kier molecular flexibility index (Phi) is 10.9. The van der Waals surface area contributed by atoms with Gasteiger partial charge in [0, 0.05) is 64.7 Å². The normalized spacial score (nSPS) is 22.0. The van der Waals surface area contributed by atoms with E-state index in [2.05, 4.69) is 28.2 Å². The molecule has 4 aliphatic rings. The van der Waals surface area contributed by atoms with Crippen molar-refractivity contribution in [3.63, 3.8) is 0 Å². The number of nitrogens with zero attached hydrogens (tertiary/aromatic N) is 8. The summed E-state index contributed by atoms with van der Waals surface area (Å²) in [5.74, 6) is 0.513. The summed E-state index contributed by atoms with van der Waals surface area (Å²) in [4.78, 5) is 58.3. The average Bonchev–Trinajstić information content (AvgIpc) is 3.13. The third-order valence-electron chi connectivity index (χ3n) is 11.0. The highest BCUT2D eigenvalue weighted by molar-refractivity contribution is 5.92. The van der Waals surface area contributed by atoms with Gasteiger partial charge in [0.15, 0.2) is 0 Å². The molecule has 4 fully saturated rings. The maximum absolute atomic E-state index is 14.4. The van der Waals surface area contributed by atoms with Crippen LogP contribution in [0.25, 0.3) is 0 Å². The Balaban J connectivity index is 1.12. The first kappa shape index (κ1) is 35.6. The number of anilines is 1. The van der Waals surface area contributed by atoms with Gasteiger partial charge < -0.3 is 24.7 Å². The Bertz CT molecular complexity index is 1720. The van der Waals surface area contributed by atoms with Gasteiger partial charge in [-0.3, -0.25) is 19.3 Å². The highest BCUT2D eigenvalue weighted by Crippen LogP contribution is 2.31. The van der Waals surface area contributed by atoms with Crippen LogP contribution in [0.3, 0.4) is 0 Å². The molecule has 7 rings (SSSR count). The number of aryl methyl sites for hydroxylation is 1. The van der Waals surface area contributed by atoms with E-state index < -0.39 is 12.2 Å². The number of aromatic nitrogens is 1. The zero-order valence-electron chi connectivity index (χ0n) is 30.1. The Morgan fingerprint density at radius 2 is 1.67 bits per heavy atom. The molecule has 3 amide bonds. The number of hydrogen-bond acceptors (Lipinski definition) is 9. The molecule has 4 saturated heterocycles. The van der Waals surface area contributed by atoms with Crippen LogP contribution >= 0.6 is 0 Å². The molecule has 2 atom stereocenters. The number of carbonyl (C=O) groups is 3. The number of phenols is 1. The SMILES string of the molecule is C=CCN1CC(=O)N2C(CN(Cc3cccc(N4CC(N5CCN(CC)CC5)C4)n3)C(=O)[C@@H]2Cc2ccc(O)cc2)N1C(=O)CCc1ccccc1. The van der Waals surface area contributed by atoms with Gasteiger partial charge in [0.25, 0.3) is 0 Å². The first-order chi connectivity index (χ1) is 25.3. The molecule has 12 nitrogen and oxygen atoms in total. The fraction of sp³-hybridized carbons (Fsp3) is 0.450. The van der Waals surface area contributed by atoms with Crippen molar-refractivity contribution < 1.29 is 19.5 Å². The lowest BCUT2D eigenvalue weighted by molar-refractivity contribution is -0.205. The van der Waals surface area contributed by atoms with Crippen molar-refractivity contribution in [3.05, 3.63) is 102 Å². The first-order valence-electron chi connectivity index (χ1n) is 18.6. The number of rotatable bonds is 12. The van der Waals surface area contributed by atoms with Gasteiger partial charge in [0.1, 0.15) is 23.8 Å². The van der Waals surface area contributed by atoms with E-state index in [1.165, 1.54) is 0 Å². The predicted octanol–water partition coefficient (Wildman–Crippen LogP) is 2.60. The van der Waals surface area contributed by atoms with E-state index in [-0.39, 0.29) is 55.9 Å². The molecule has 1 unspecified atom stereocenters. The van der Waals surface area contributed by atoms with E-state index in [1.54, 1.807) is 50.2 Å². The van der Waals surface area contributed by atoms with Crippen molar-refractivity contribution in [1.82, 2.24) is 34.6 Å². The van der Waals surface area contributed by atoms with Crippen LogP contribution in [0.1, 0.15) is 30.2 Å². The van der Waals surface area contributed by atoms with Crippen LogP contribution in [0, 0.1) is 0 Å². The molecule has 0 radical (unpaired) electrons. The van der Waals surface area contributed by atoms with Gasteiger partial charge in [-0.05, 0) is 48.4 Å². The van der Waals surface area contributed by atoms with Crippen molar-refractivity contribution in [2.24, 2.45) is 0 Å². The summed E-state index contributed by atoms with van der Waals surface area (Å²) in [6, 6.07) is 22.2. The predicted molar refractivity (Wildman–Crippen MR) is 199 cm³/mol. The summed E-state index contributed by atoms with van der Waals surface area (Å²) in [6.45, 7) is 14.2. The fourth-order valence-corrected chi connectivity index (χ4v) is 8.01. The smallest absolute Gasteiger partial charge is 0.246 e. The minimum atomic E-state index is -0.835. The number of likely N-dealkylation sites (N-methyl/N-ethyl adjacent to an activating group) is 1. The summed E-state index contributed by atoms with van der Waals surface area (Å²) in [6.07, 6.45) is 2.06. The number of hydrogen-bond donors (Lipinski definition) is 1. The van der Waals surface area contributed by atoms with Crippen LogP contribution in [0.2, 0.25) is 0 Å². The second kappa shape index (κ2) is 15.9. The topological polar surface area (TPSA) is 107 Å². The van der Waals surface area contributed by atoms with E-state index in [1.807, 2.05) is 48.5 Å². The van der Waals surface area contributed by atoms with Crippen LogP contribution in [-0.2, 0) is 33.8 Å². The molecule has 0 saturated carbocycles. The van der Waals surface area contributed by atoms with E-state index in [9.17, 15) is 19.5 Å². The van der Waals surface area contributed by atoms with E-state index >= 15 is 0 Å². The Labute approximate surface area is 306 Å². The number of fused-ring (bicyclic) bond motifs is 1. The van der Waals surface area contributed by atoms with E-state index in [0.717, 1.165) is 68.5 Å². The van der Waals surface area contributed by atoms with Crippen LogP contribution < -0.4 is 4.90 Å². The summed E-state index contributed by atoms with van der Waals surface area (Å²) >= 11 is 0. The van der Waals surface area contributed by atoms with Crippen LogP contribution in [0.5, 0.6) is 5.75 Å². The molecule has 52 heavy (non-hydrogen) atoms. The van der Waals surface area contributed by atoms with Gasteiger partial charge in [0.05, 0.1) is 25.3 Å². The molecule has 0 spiro atoms. The lowest BCUT2D eigenvalue weighted by Crippen LogP contribution is -2.75. The molecule has 3 aromatic rings. The quantitative estimate of drug-likeness (QED) is 0.285. The molecular formula is C40H50N8O4. The highest BCUT2D eigenvalue weighted by atomic mass is 16.3. The number of piperazine rings is 2. The molecule has 274 valence electrons. The second-order valence-electron chi connectivity index (χ2n) is 14.3. The number of aromatic hydroxyl groups is 1. The molecule has 12 heteroatoms. The number of phenolic OH excluding ortho intramolecular Hbond substituents is 1. The zero-order chi connectivity index (χ0) is 36.2. The minimum absolute atomic E-state index is 0.0341. The molecule has 1 aromatic heterocycles. The highest BCUT2D eigenvalue weighted by Gasteiger charge is 2.51. The standard InChI is InChI=1S/C40H50N8O4/c1-3-19-46-29-39(51)47-35(24-31-13-16-34(49)17-14-31)40(52)45(28-37(47)48(46)38(50)18-15-30-9-6-5-7-10-30)25-32-11-8-12-36(41-32)44-26-33(27-44)43-22-20-42(4-2)21-23-43/h3,5-14,16-17,33,35,37,49H,1,4,15,18-29H2,2H3/t35-,37?/m0/s1. The van der Waals surface area contributed by atoms with Gasteiger partial charge in [-0.1, -0.05) is 61.5 Å². The zero-order valence-corrected chi connectivity index (χ0v) is 30.1. The third-order valence-corrected chi connectivity index (χ3v) is 11.0. The lowest BCUT2D eigenvalue weighted by Gasteiger charge is -2.55. The Morgan fingerprint density at radius 3 is 2.38 bits per heavy atom. The number of hydrazine groups is 1. The minimum Gasteiger partial charge on any atom is -0.508 e. The van der Waals surface area contributed by atoms with Crippen molar-refractivity contribution in [2.75, 3.05) is 70.3 Å². The summed E-state index contributed by atoms with van der Waals surface area (Å²) in [7, 11) is 0. The van der Waals surface area contributed by atoms with Gasteiger partial charge in [-0.2, -0.15) is 0 Å². The van der Waals surface area contributed by atoms with Crippen molar-refractivity contribution in [3.8, 4) is 5.75 Å². The molecule has 0 bridgehead atoms. The third kappa shape index (κ3) is 7.69. The summed E-state index contributed by atoms with van der Waals surface area (Å²) < 4.78 is 0. The molecule has 2 aromatic carbocycles. The molecule has 0 aliphatic carbocycles. The van der Waals surface area contributed by atoms with Gasteiger partial charge in [-0.25, -0.2) is 15.0 Å². The molecule has 4 aliphatic heterocycles. The number of amides is 3. The molecular weight excluding hydrogens is 656 g/mol. The molecule has 5 heterocycles. The number of pyridine rings is 1. The van der Waals surface area contributed by atoms with Crippen LogP contribution in [-0.4, -0.2) is 141 Å². The van der Waals surface area contributed by atoms with E-state index in [0.29, 0.717) is 19.0 Å². The van der Waals surface area contributed by atoms with Gasteiger partial charge in [-0.15, -0.1) is 6.58 Å². The van der Waals surface area contributed by atoms with Crippen LogP contribution in [0.15, 0.2) is 85.5 Å². The first-order valence-corrected chi connectivity index (χ1v) is 18.6. The Hall–Kier alpha value is -4.78. The maximum atomic E-state index is 14.4. The van der Waals surface area contributed by atoms with E-state index in [4.69, 9.17) is 4.98 Å². The summed E-state index contributed by atoms with van der Waals surface area (Å²) in [5.41, 5.74) is 2.62. The van der Waals surface area contributed by atoms with Gasteiger partial charge >= 0.3 is 0 Å². The summed E-state index contributed by atoms with van der Waals surface area (Å²) in [5, 5.41) is 13.4. The fourth-order valence-electron chi connectivity index (χ4n) is 8.01. The van der Waals surface area contributed by atoms with Crippen molar-refractivity contribution in [2.45, 2.75) is 51.0 Å². The Morgan fingerprint density at radius 1 is 0.923 bits per heavy atom. The second-order valence-corrected chi connectivity index (χ2v) is 14.3. The number of benzene rings is 2. The van der Waals surface area contributed by atoms with Gasteiger partial charge in [0.2, 0.25) is 17.7 Å². The number of carbonyl (C=O) groups excluding carboxylic acids is 3. The largest absolute Gasteiger partial charge is 0.508 e. The monoisotopic (exact) mass is 706 g/mol. The molecule has 1 N–H and O–H groups in total. The van der Waals surface area contributed by atoms with Crippen molar-refractivity contribution in [1.29, 1.82) is 0 Å². The van der Waals surface area contributed by atoms with Crippen molar-refractivity contribution >= 4 is 23.5 Å². The lowest BCUT2D eigenvalue weighted by atomic mass is 9.98. The average molecular weight is 707 g/mol. The maximum Gasteiger partial charge on any atom is 0.246 e. The van der Waals surface area contributed by atoms with Crippen LogP contribution in [0.4, 0.5) is 5.82 Å².